The van der Waals surface area contributed by atoms with Crippen LogP contribution in [0.25, 0.3) is 0 Å². The van der Waals surface area contributed by atoms with Gasteiger partial charge in [0.15, 0.2) is 0 Å². The van der Waals surface area contributed by atoms with E-state index >= 15 is 0 Å². The fourth-order valence-electron chi connectivity index (χ4n) is 1.41. The lowest BCUT2D eigenvalue weighted by atomic mass is 10.0. The highest BCUT2D eigenvalue weighted by molar-refractivity contribution is 5.33. The van der Waals surface area contributed by atoms with Gasteiger partial charge in [0.25, 0.3) is 0 Å². The number of hydrogen-bond donors (Lipinski definition) is 0. The molecule has 0 aliphatic heterocycles. The Bertz CT molecular complexity index is 334. The molecule has 2 nitrogen and oxygen atoms in total. The maximum atomic E-state index is 5.79. The van der Waals surface area contributed by atoms with Gasteiger partial charge in [0.1, 0.15) is 5.75 Å². The molecule has 1 aromatic heterocycles. The molecular formula is C14H23NO. The van der Waals surface area contributed by atoms with Crippen molar-refractivity contribution >= 4 is 0 Å². The van der Waals surface area contributed by atoms with E-state index in [4.69, 9.17) is 4.74 Å². The SMILES string of the molecule is CCC(C)c1cc(OCC(C)C)c(C)cn1. The van der Waals surface area contributed by atoms with E-state index < -0.39 is 0 Å². The fourth-order valence-corrected chi connectivity index (χ4v) is 1.41. The minimum atomic E-state index is 0.502. The van der Waals surface area contributed by atoms with Gasteiger partial charge in [0.2, 0.25) is 0 Å². The van der Waals surface area contributed by atoms with Gasteiger partial charge in [-0.15, -0.1) is 0 Å². The van der Waals surface area contributed by atoms with Crippen LogP contribution in [-0.2, 0) is 0 Å². The van der Waals surface area contributed by atoms with E-state index in [9.17, 15) is 0 Å². The summed E-state index contributed by atoms with van der Waals surface area (Å²) in [5.41, 5.74) is 2.25. The third-order valence-electron chi connectivity index (χ3n) is 2.76. The Labute approximate surface area is 99.0 Å². The minimum Gasteiger partial charge on any atom is -0.493 e. The number of ether oxygens (including phenoxy) is 1. The van der Waals surface area contributed by atoms with E-state index in [2.05, 4.69) is 38.7 Å². The van der Waals surface area contributed by atoms with Gasteiger partial charge in [-0.05, 0) is 25.2 Å². The Hall–Kier alpha value is -1.05. The quantitative estimate of drug-likeness (QED) is 0.751. The Morgan fingerprint density at radius 1 is 1.31 bits per heavy atom. The van der Waals surface area contributed by atoms with Crippen molar-refractivity contribution < 1.29 is 4.74 Å². The van der Waals surface area contributed by atoms with Crippen molar-refractivity contribution in [2.75, 3.05) is 6.61 Å². The van der Waals surface area contributed by atoms with Crippen LogP contribution in [0.1, 0.15) is 51.3 Å². The first-order chi connectivity index (χ1) is 7.54. The van der Waals surface area contributed by atoms with Crippen molar-refractivity contribution in [3.8, 4) is 5.75 Å². The number of hydrogen-bond acceptors (Lipinski definition) is 2. The molecule has 0 aliphatic rings. The molecule has 0 N–H and O–H groups in total. The molecule has 0 bridgehead atoms. The van der Waals surface area contributed by atoms with E-state index in [1.54, 1.807) is 0 Å². The Morgan fingerprint density at radius 2 is 2.00 bits per heavy atom. The zero-order valence-electron chi connectivity index (χ0n) is 11.1. The van der Waals surface area contributed by atoms with Crippen molar-refractivity contribution in [2.45, 2.75) is 47.0 Å². The highest BCUT2D eigenvalue weighted by Gasteiger charge is 2.08. The van der Waals surface area contributed by atoms with Crippen LogP contribution < -0.4 is 4.74 Å². The van der Waals surface area contributed by atoms with Crippen molar-refractivity contribution in [1.29, 1.82) is 0 Å². The smallest absolute Gasteiger partial charge is 0.125 e. The van der Waals surface area contributed by atoms with Gasteiger partial charge in [0, 0.05) is 23.5 Å². The van der Waals surface area contributed by atoms with Gasteiger partial charge in [-0.1, -0.05) is 27.7 Å². The fraction of sp³-hybridized carbons (Fsp3) is 0.643. The Morgan fingerprint density at radius 3 is 2.56 bits per heavy atom. The number of rotatable bonds is 5. The molecule has 1 unspecified atom stereocenters. The van der Waals surface area contributed by atoms with Crippen LogP contribution in [0.5, 0.6) is 5.75 Å². The number of nitrogens with zero attached hydrogens (tertiary/aromatic N) is 1. The number of aryl methyl sites for hydroxylation is 1. The number of aromatic nitrogens is 1. The summed E-state index contributed by atoms with van der Waals surface area (Å²) in [6, 6.07) is 2.09. The molecule has 1 heterocycles. The molecule has 0 saturated heterocycles. The lowest BCUT2D eigenvalue weighted by Crippen LogP contribution is -2.07. The molecule has 16 heavy (non-hydrogen) atoms. The highest BCUT2D eigenvalue weighted by Crippen LogP contribution is 2.24. The van der Waals surface area contributed by atoms with Crippen LogP contribution in [0.2, 0.25) is 0 Å². The van der Waals surface area contributed by atoms with Gasteiger partial charge >= 0.3 is 0 Å². The second-order valence-corrected chi connectivity index (χ2v) is 4.89. The molecule has 0 fully saturated rings. The topological polar surface area (TPSA) is 22.1 Å². The van der Waals surface area contributed by atoms with E-state index in [0.717, 1.165) is 30.0 Å². The zero-order valence-corrected chi connectivity index (χ0v) is 11.1. The minimum absolute atomic E-state index is 0.502. The average molecular weight is 221 g/mol. The maximum absolute atomic E-state index is 5.79. The second-order valence-electron chi connectivity index (χ2n) is 4.89. The third kappa shape index (κ3) is 3.51. The van der Waals surface area contributed by atoms with E-state index in [0.29, 0.717) is 11.8 Å². The molecular weight excluding hydrogens is 198 g/mol. The van der Waals surface area contributed by atoms with Crippen LogP contribution in [0.3, 0.4) is 0 Å². The molecule has 0 saturated carbocycles. The largest absolute Gasteiger partial charge is 0.493 e. The van der Waals surface area contributed by atoms with Crippen molar-refractivity contribution in [3.63, 3.8) is 0 Å². The molecule has 2 heteroatoms. The summed E-state index contributed by atoms with van der Waals surface area (Å²) in [5.74, 6) is 2.04. The summed E-state index contributed by atoms with van der Waals surface area (Å²) in [7, 11) is 0. The van der Waals surface area contributed by atoms with Gasteiger partial charge in [0.05, 0.1) is 6.61 Å². The molecule has 0 radical (unpaired) electrons. The molecule has 0 spiro atoms. The first-order valence-corrected chi connectivity index (χ1v) is 6.13. The normalized spacial score (nSPS) is 12.9. The molecule has 90 valence electrons. The summed E-state index contributed by atoms with van der Waals surface area (Å²) in [4.78, 5) is 4.46. The van der Waals surface area contributed by atoms with E-state index in [1.165, 1.54) is 0 Å². The summed E-state index contributed by atoms with van der Waals surface area (Å²) < 4.78 is 5.79. The Kier molecular flexibility index (Phi) is 4.78. The van der Waals surface area contributed by atoms with Gasteiger partial charge < -0.3 is 4.74 Å². The van der Waals surface area contributed by atoms with Crippen LogP contribution in [0.15, 0.2) is 12.3 Å². The molecule has 1 atom stereocenters. The van der Waals surface area contributed by atoms with Gasteiger partial charge in [-0.2, -0.15) is 0 Å². The lowest BCUT2D eigenvalue weighted by Gasteiger charge is -2.14. The van der Waals surface area contributed by atoms with Gasteiger partial charge in [-0.25, -0.2) is 0 Å². The molecule has 0 aromatic carbocycles. The molecule has 0 amide bonds. The summed E-state index contributed by atoms with van der Waals surface area (Å²) in [5, 5.41) is 0. The molecule has 1 aromatic rings. The average Bonchev–Trinajstić information content (AvgIpc) is 2.26. The van der Waals surface area contributed by atoms with Gasteiger partial charge in [-0.3, -0.25) is 4.98 Å². The zero-order chi connectivity index (χ0) is 12.1. The van der Waals surface area contributed by atoms with Crippen LogP contribution >= 0.6 is 0 Å². The van der Waals surface area contributed by atoms with Crippen LogP contribution in [0.4, 0.5) is 0 Å². The highest BCUT2D eigenvalue weighted by atomic mass is 16.5. The second kappa shape index (κ2) is 5.88. The van der Waals surface area contributed by atoms with Crippen LogP contribution in [-0.4, -0.2) is 11.6 Å². The summed E-state index contributed by atoms with van der Waals surface area (Å²) in [6.45, 7) is 11.5. The third-order valence-corrected chi connectivity index (χ3v) is 2.76. The van der Waals surface area contributed by atoms with Crippen LogP contribution in [0, 0.1) is 12.8 Å². The predicted molar refractivity (Wildman–Crippen MR) is 68.0 cm³/mol. The lowest BCUT2D eigenvalue weighted by molar-refractivity contribution is 0.268. The maximum Gasteiger partial charge on any atom is 0.125 e. The first-order valence-electron chi connectivity index (χ1n) is 6.13. The molecule has 1 rings (SSSR count). The number of pyridine rings is 1. The standard InChI is InChI=1S/C14H23NO/c1-6-11(4)13-7-14(12(5)8-15-13)16-9-10(2)3/h7-8,10-11H,6,9H2,1-5H3. The Balaban J connectivity index is 2.82. The van der Waals surface area contributed by atoms with E-state index in [-0.39, 0.29) is 0 Å². The van der Waals surface area contributed by atoms with Crippen molar-refractivity contribution in [3.05, 3.63) is 23.5 Å². The monoisotopic (exact) mass is 221 g/mol. The van der Waals surface area contributed by atoms with E-state index in [1.807, 2.05) is 13.1 Å². The first kappa shape index (κ1) is 13.0. The predicted octanol–water partition coefficient (Wildman–Crippen LogP) is 3.94. The summed E-state index contributed by atoms with van der Waals surface area (Å²) >= 11 is 0. The van der Waals surface area contributed by atoms with Crippen molar-refractivity contribution in [2.24, 2.45) is 5.92 Å². The van der Waals surface area contributed by atoms with Crippen molar-refractivity contribution in [1.82, 2.24) is 4.98 Å². The molecule has 0 aliphatic carbocycles. The summed E-state index contributed by atoms with van der Waals surface area (Å²) in [6.07, 6.45) is 3.02.